The molecule has 0 bridgehead atoms. The number of carbonyl (C=O) groups excluding carboxylic acids is 3. The number of ether oxygens (including phenoxy) is 1. The van der Waals surface area contributed by atoms with Crippen LogP contribution in [0, 0.1) is 12.7 Å². The Morgan fingerprint density at radius 1 is 1.06 bits per heavy atom. The molecule has 0 atom stereocenters. The van der Waals surface area contributed by atoms with Gasteiger partial charge < -0.3 is 15.4 Å². The van der Waals surface area contributed by atoms with E-state index in [1.54, 1.807) is 31.2 Å². The molecule has 0 aliphatic rings. The van der Waals surface area contributed by atoms with E-state index >= 15 is 0 Å². The van der Waals surface area contributed by atoms with Gasteiger partial charge in [0.2, 0.25) is 0 Å². The fraction of sp³-hybridized carbons (Fsp3) is 0.182. The van der Waals surface area contributed by atoms with E-state index in [1.165, 1.54) is 36.1 Å². The summed E-state index contributed by atoms with van der Waals surface area (Å²) in [5.74, 6) is -1.81. The zero-order valence-corrected chi connectivity index (χ0v) is 18.1. The quantitative estimate of drug-likeness (QED) is 0.529. The molecule has 0 spiro atoms. The molecular formula is C22H20ClFN4O4. The van der Waals surface area contributed by atoms with Crippen LogP contribution in [0.4, 0.5) is 10.1 Å². The number of halogens is 2. The highest BCUT2D eigenvalue weighted by molar-refractivity contribution is 6.33. The van der Waals surface area contributed by atoms with Crippen LogP contribution in [0.1, 0.15) is 32.0 Å². The number of aryl methyl sites for hydroxylation is 1. The molecule has 8 nitrogen and oxygen atoms in total. The SMILES string of the molecule is COC(=O)CNC(=O)c1ccc(NC(=O)c2c(C)nn(Cc3ccc(F)cc3)c2Cl)cc1. The van der Waals surface area contributed by atoms with Gasteiger partial charge in [0.1, 0.15) is 17.5 Å². The van der Waals surface area contributed by atoms with Gasteiger partial charge in [0.05, 0.1) is 24.9 Å². The van der Waals surface area contributed by atoms with Gasteiger partial charge >= 0.3 is 5.97 Å². The van der Waals surface area contributed by atoms with E-state index in [0.29, 0.717) is 16.9 Å². The Kier molecular flexibility index (Phi) is 7.21. The van der Waals surface area contributed by atoms with Crippen molar-refractivity contribution in [1.29, 1.82) is 0 Å². The normalized spacial score (nSPS) is 10.5. The number of aromatic nitrogens is 2. The number of hydrogen-bond acceptors (Lipinski definition) is 5. The number of esters is 1. The molecule has 10 heteroatoms. The van der Waals surface area contributed by atoms with Crippen LogP contribution in [0.3, 0.4) is 0 Å². The topological polar surface area (TPSA) is 102 Å². The number of hydrogen-bond donors (Lipinski definition) is 2. The summed E-state index contributed by atoms with van der Waals surface area (Å²) in [7, 11) is 1.23. The molecule has 2 amide bonds. The summed E-state index contributed by atoms with van der Waals surface area (Å²) in [6, 6.07) is 12.0. The summed E-state index contributed by atoms with van der Waals surface area (Å²) in [6.45, 7) is 1.70. The third-order valence-corrected chi connectivity index (χ3v) is 4.95. The number of rotatable bonds is 7. The average molecular weight is 459 g/mol. The Bertz CT molecular complexity index is 1140. The minimum atomic E-state index is -0.561. The Morgan fingerprint density at radius 2 is 1.72 bits per heavy atom. The van der Waals surface area contributed by atoms with E-state index in [4.69, 9.17) is 11.6 Å². The predicted octanol–water partition coefficient (Wildman–Crippen LogP) is 3.19. The van der Waals surface area contributed by atoms with E-state index in [2.05, 4.69) is 20.5 Å². The highest BCUT2D eigenvalue weighted by Gasteiger charge is 2.21. The van der Waals surface area contributed by atoms with Crippen molar-refractivity contribution in [3.8, 4) is 0 Å². The summed E-state index contributed by atoms with van der Waals surface area (Å²) in [5.41, 5.74) is 2.19. The zero-order valence-electron chi connectivity index (χ0n) is 17.3. The van der Waals surface area contributed by atoms with Crippen LogP contribution in [-0.4, -0.2) is 41.2 Å². The lowest BCUT2D eigenvalue weighted by molar-refractivity contribution is -0.139. The molecule has 0 saturated carbocycles. The second-order valence-electron chi connectivity index (χ2n) is 6.83. The summed E-state index contributed by atoms with van der Waals surface area (Å²) in [4.78, 5) is 35.9. The average Bonchev–Trinajstić information content (AvgIpc) is 3.06. The second-order valence-corrected chi connectivity index (χ2v) is 7.18. The molecule has 32 heavy (non-hydrogen) atoms. The Morgan fingerprint density at radius 3 is 2.34 bits per heavy atom. The fourth-order valence-electron chi connectivity index (χ4n) is 2.90. The predicted molar refractivity (Wildman–Crippen MR) is 116 cm³/mol. The molecule has 0 aliphatic heterocycles. The van der Waals surface area contributed by atoms with E-state index in [-0.39, 0.29) is 29.6 Å². The lowest BCUT2D eigenvalue weighted by atomic mass is 10.2. The number of benzene rings is 2. The van der Waals surface area contributed by atoms with Crippen molar-refractivity contribution in [2.45, 2.75) is 13.5 Å². The molecule has 3 rings (SSSR count). The smallest absolute Gasteiger partial charge is 0.325 e. The van der Waals surface area contributed by atoms with Gasteiger partial charge in [0.15, 0.2) is 0 Å². The highest BCUT2D eigenvalue weighted by Crippen LogP contribution is 2.23. The Balaban J connectivity index is 1.68. The van der Waals surface area contributed by atoms with E-state index in [9.17, 15) is 18.8 Å². The van der Waals surface area contributed by atoms with Crippen molar-refractivity contribution in [1.82, 2.24) is 15.1 Å². The van der Waals surface area contributed by atoms with Crippen LogP contribution in [0.15, 0.2) is 48.5 Å². The van der Waals surface area contributed by atoms with Gasteiger partial charge in [-0.1, -0.05) is 23.7 Å². The standard InChI is InChI=1S/C22H20ClFN4O4/c1-13-19(20(23)28(27-13)12-14-3-7-16(24)8-4-14)22(31)26-17-9-5-15(6-10-17)21(30)25-11-18(29)32-2/h3-10H,11-12H2,1-2H3,(H,25,30)(H,26,31). The highest BCUT2D eigenvalue weighted by atomic mass is 35.5. The van der Waals surface area contributed by atoms with Crippen molar-refractivity contribution in [3.63, 3.8) is 0 Å². The van der Waals surface area contributed by atoms with Crippen molar-refractivity contribution in [3.05, 3.63) is 81.9 Å². The first kappa shape index (κ1) is 23.0. The van der Waals surface area contributed by atoms with Gasteiger partial charge in [-0.15, -0.1) is 0 Å². The van der Waals surface area contributed by atoms with Crippen molar-refractivity contribution in [2.24, 2.45) is 0 Å². The molecule has 3 aromatic rings. The van der Waals surface area contributed by atoms with Gasteiger partial charge in [-0.05, 0) is 48.9 Å². The minimum Gasteiger partial charge on any atom is -0.468 e. The first-order valence-electron chi connectivity index (χ1n) is 9.52. The number of nitrogens with zero attached hydrogens (tertiary/aromatic N) is 2. The van der Waals surface area contributed by atoms with Crippen LogP contribution in [-0.2, 0) is 16.1 Å². The molecule has 2 N–H and O–H groups in total. The van der Waals surface area contributed by atoms with Gasteiger partial charge in [-0.25, -0.2) is 9.07 Å². The van der Waals surface area contributed by atoms with E-state index in [1.807, 2.05) is 0 Å². The summed E-state index contributed by atoms with van der Waals surface area (Å²) < 4.78 is 19.0. The third kappa shape index (κ3) is 5.50. The minimum absolute atomic E-state index is 0.156. The van der Waals surface area contributed by atoms with Gasteiger partial charge in [-0.2, -0.15) is 5.10 Å². The lowest BCUT2D eigenvalue weighted by Crippen LogP contribution is -2.30. The second kappa shape index (κ2) is 10.1. The maximum absolute atomic E-state index is 13.1. The van der Waals surface area contributed by atoms with Gasteiger partial charge in [-0.3, -0.25) is 14.4 Å². The van der Waals surface area contributed by atoms with Crippen LogP contribution in [0.25, 0.3) is 0 Å². The Labute approximate surface area is 188 Å². The molecular weight excluding hydrogens is 439 g/mol. The number of nitrogens with one attached hydrogen (secondary N) is 2. The monoisotopic (exact) mass is 458 g/mol. The molecule has 166 valence electrons. The maximum Gasteiger partial charge on any atom is 0.325 e. The fourth-order valence-corrected chi connectivity index (χ4v) is 3.22. The molecule has 0 saturated heterocycles. The van der Waals surface area contributed by atoms with Crippen LogP contribution in [0.2, 0.25) is 5.15 Å². The molecule has 0 unspecified atom stereocenters. The maximum atomic E-state index is 13.1. The van der Waals surface area contributed by atoms with Crippen molar-refractivity contribution >= 4 is 35.1 Å². The van der Waals surface area contributed by atoms with Crippen LogP contribution in [0.5, 0.6) is 0 Å². The van der Waals surface area contributed by atoms with E-state index < -0.39 is 17.8 Å². The first-order chi connectivity index (χ1) is 15.3. The molecule has 2 aromatic carbocycles. The van der Waals surface area contributed by atoms with Crippen LogP contribution < -0.4 is 10.6 Å². The third-order valence-electron chi connectivity index (χ3n) is 4.56. The van der Waals surface area contributed by atoms with Crippen molar-refractivity contribution in [2.75, 3.05) is 19.0 Å². The summed E-state index contributed by atoms with van der Waals surface area (Å²) in [6.07, 6.45) is 0. The van der Waals surface area contributed by atoms with E-state index in [0.717, 1.165) is 5.56 Å². The number of methoxy groups -OCH3 is 1. The molecule has 1 aromatic heterocycles. The molecule has 0 radical (unpaired) electrons. The summed E-state index contributed by atoms with van der Waals surface area (Å²) in [5, 5.41) is 9.61. The largest absolute Gasteiger partial charge is 0.468 e. The lowest BCUT2D eigenvalue weighted by Gasteiger charge is -2.08. The summed E-state index contributed by atoms with van der Waals surface area (Å²) >= 11 is 6.39. The Hall–Kier alpha value is -3.72. The number of carbonyl (C=O) groups is 3. The van der Waals surface area contributed by atoms with Crippen molar-refractivity contribution < 1.29 is 23.5 Å². The number of anilines is 1. The van der Waals surface area contributed by atoms with Crippen LogP contribution >= 0.6 is 11.6 Å². The first-order valence-corrected chi connectivity index (χ1v) is 9.90. The zero-order chi connectivity index (χ0) is 23.3. The molecule has 0 fully saturated rings. The molecule has 1 heterocycles. The number of amides is 2. The van der Waals surface area contributed by atoms with Gasteiger partial charge in [0, 0.05) is 11.3 Å². The molecule has 0 aliphatic carbocycles. The van der Waals surface area contributed by atoms with Gasteiger partial charge in [0.25, 0.3) is 11.8 Å².